The van der Waals surface area contributed by atoms with Crippen molar-refractivity contribution in [2.75, 3.05) is 0 Å². The first-order valence-electron chi connectivity index (χ1n) is 6.44. The summed E-state index contributed by atoms with van der Waals surface area (Å²) in [7, 11) is 0. The number of aliphatic carboxylic acids is 1. The molecule has 104 valence electrons. The Hall–Kier alpha value is -1.46. The van der Waals surface area contributed by atoms with Crippen LogP contribution in [-0.2, 0) is 11.2 Å². The van der Waals surface area contributed by atoms with Gasteiger partial charge in [0.25, 0.3) is 0 Å². The molecule has 1 N–H and O–H groups in total. The second-order valence-corrected chi connectivity index (χ2v) is 6.21. The number of halogens is 1. The van der Waals surface area contributed by atoms with E-state index in [1.54, 1.807) is 12.1 Å². The monoisotopic (exact) mass is 308 g/mol. The number of benzene rings is 1. The fourth-order valence-electron chi connectivity index (χ4n) is 2.08. The molecule has 1 aromatic carbocycles. The van der Waals surface area contributed by atoms with Gasteiger partial charge < -0.3 is 5.11 Å². The second-order valence-electron chi connectivity index (χ2n) is 4.99. The molecule has 0 radical (unpaired) electrons. The predicted molar refractivity (Wildman–Crippen MR) is 77.4 cm³/mol. The predicted octanol–water partition coefficient (Wildman–Crippen LogP) is 3.48. The van der Waals surface area contributed by atoms with Gasteiger partial charge in [0.15, 0.2) is 0 Å². The van der Waals surface area contributed by atoms with Gasteiger partial charge in [0.1, 0.15) is 16.7 Å². The highest BCUT2D eigenvalue weighted by Gasteiger charge is 2.31. The van der Waals surface area contributed by atoms with Crippen LogP contribution in [0.5, 0.6) is 0 Å². The van der Waals surface area contributed by atoms with Gasteiger partial charge in [0.2, 0.25) is 0 Å². The normalized spacial score (nSPS) is 16.1. The van der Waals surface area contributed by atoms with Gasteiger partial charge in [-0.15, -0.1) is 0 Å². The highest BCUT2D eigenvalue weighted by molar-refractivity contribution is 7.05. The van der Waals surface area contributed by atoms with Gasteiger partial charge in [0.05, 0.1) is 0 Å². The van der Waals surface area contributed by atoms with E-state index in [0.29, 0.717) is 22.4 Å². The van der Waals surface area contributed by atoms with Crippen LogP contribution in [0.15, 0.2) is 24.3 Å². The van der Waals surface area contributed by atoms with Crippen molar-refractivity contribution in [3.63, 3.8) is 0 Å². The van der Waals surface area contributed by atoms with E-state index in [1.165, 1.54) is 11.5 Å². The number of carboxylic acid groups (broad SMARTS) is 1. The molecule has 3 rings (SSSR count). The Morgan fingerprint density at radius 2 is 2.30 bits per heavy atom. The van der Waals surface area contributed by atoms with E-state index in [0.717, 1.165) is 24.2 Å². The molecule has 1 fully saturated rings. The zero-order chi connectivity index (χ0) is 14.1. The fraction of sp³-hybridized carbons (Fsp3) is 0.357. The summed E-state index contributed by atoms with van der Waals surface area (Å²) in [5.74, 6) is -0.273. The fourth-order valence-corrected chi connectivity index (χ4v) is 3.11. The molecular formula is C14H13ClN2O2S. The van der Waals surface area contributed by atoms with Crippen molar-refractivity contribution < 1.29 is 9.90 Å². The number of carbonyl (C=O) groups is 1. The molecule has 20 heavy (non-hydrogen) atoms. The van der Waals surface area contributed by atoms with Crippen molar-refractivity contribution >= 4 is 29.1 Å². The van der Waals surface area contributed by atoms with Gasteiger partial charge in [-0.3, -0.25) is 4.79 Å². The van der Waals surface area contributed by atoms with E-state index in [-0.39, 0.29) is 0 Å². The van der Waals surface area contributed by atoms with Crippen LogP contribution in [0.1, 0.15) is 41.1 Å². The summed E-state index contributed by atoms with van der Waals surface area (Å²) in [6, 6.07) is 7.27. The zero-order valence-electron chi connectivity index (χ0n) is 10.6. The van der Waals surface area contributed by atoms with E-state index in [9.17, 15) is 9.90 Å². The third-order valence-corrected chi connectivity index (χ3v) is 4.40. The first kappa shape index (κ1) is 13.5. The molecule has 0 saturated heterocycles. The van der Waals surface area contributed by atoms with Crippen molar-refractivity contribution in [1.29, 1.82) is 0 Å². The minimum atomic E-state index is -0.872. The Morgan fingerprint density at radius 1 is 1.50 bits per heavy atom. The molecular weight excluding hydrogens is 296 g/mol. The Balaban J connectivity index is 1.82. The van der Waals surface area contributed by atoms with Crippen LogP contribution in [0, 0.1) is 0 Å². The van der Waals surface area contributed by atoms with E-state index in [1.807, 2.05) is 12.1 Å². The number of hydrogen-bond donors (Lipinski definition) is 1. The van der Waals surface area contributed by atoms with Crippen LogP contribution in [0.4, 0.5) is 0 Å². The minimum Gasteiger partial charge on any atom is -0.481 e. The van der Waals surface area contributed by atoms with Gasteiger partial charge in [-0.1, -0.05) is 23.7 Å². The number of carboxylic acids is 1. The molecule has 1 atom stereocenters. The minimum absolute atomic E-state index is 0.384. The third-order valence-electron chi connectivity index (χ3n) is 3.32. The number of hydrogen-bond acceptors (Lipinski definition) is 4. The molecule has 1 aromatic heterocycles. The maximum Gasteiger partial charge on any atom is 0.313 e. The van der Waals surface area contributed by atoms with Crippen molar-refractivity contribution in [2.24, 2.45) is 0 Å². The average molecular weight is 309 g/mol. The molecule has 0 spiro atoms. The lowest BCUT2D eigenvalue weighted by molar-refractivity contribution is -0.138. The topological polar surface area (TPSA) is 63.1 Å². The Morgan fingerprint density at radius 3 is 2.95 bits per heavy atom. The largest absolute Gasteiger partial charge is 0.481 e. The maximum atomic E-state index is 11.5. The molecule has 6 heteroatoms. The highest BCUT2D eigenvalue weighted by atomic mass is 35.5. The summed E-state index contributed by atoms with van der Waals surface area (Å²) in [6.45, 7) is 0. The molecule has 1 unspecified atom stereocenters. The van der Waals surface area contributed by atoms with Gasteiger partial charge in [0, 0.05) is 10.9 Å². The maximum absolute atomic E-state index is 11.5. The van der Waals surface area contributed by atoms with E-state index < -0.39 is 11.9 Å². The van der Waals surface area contributed by atoms with Gasteiger partial charge >= 0.3 is 5.97 Å². The van der Waals surface area contributed by atoms with Crippen LogP contribution < -0.4 is 0 Å². The summed E-state index contributed by atoms with van der Waals surface area (Å²) in [4.78, 5) is 15.9. The molecule has 2 aromatic rings. The van der Waals surface area contributed by atoms with E-state index >= 15 is 0 Å². The van der Waals surface area contributed by atoms with Crippen molar-refractivity contribution in [2.45, 2.75) is 31.1 Å². The van der Waals surface area contributed by atoms with Crippen LogP contribution in [0.25, 0.3) is 0 Å². The smallest absolute Gasteiger partial charge is 0.313 e. The molecule has 0 aliphatic heterocycles. The number of nitrogens with zero attached hydrogens (tertiary/aromatic N) is 2. The summed E-state index contributed by atoms with van der Waals surface area (Å²) in [6.07, 6.45) is 2.61. The summed E-state index contributed by atoms with van der Waals surface area (Å²) < 4.78 is 4.28. The molecule has 1 heterocycles. The molecule has 0 bridgehead atoms. The van der Waals surface area contributed by atoms with Crippen LogP contribution in [0.2, 0.25) is 5.02 Å². The van der Waals surface area contributed by atoms with Gasteiger partial charge in [-0.25, -0.2) is 4.98 Å². The molecule has 1 saturated carbocycles. The van der Waals surface area contributed by atoms with Crippen molar-refractivity contribution in [1.82, 2.24) is 9.36 Å². The van der Waals surface area contributed by atoms with Crippen LogP contribution in [0.3, 0.4) is 0 Å². The number of rotatable bonds is 5. The van der Waals surface area contributed by atoms with Crippen molar-refractivity contribution in [3.8, 4) is 0 Å². The standard InChI is InChI=1S/C14H13ClN2O2S/c15-10-3-1-2-8(6-10)7-11(14(18)19)13-16-12(17-20-13)9-4-5-9/h1-3,6,9,11H,4-5,7H2,(H,18,19). The van der Waals surface area contributed by atoms with Gasteiger partial charge in [-0.2, -0.15) is 4.37 Å². The third kappa shape index (κ3) is 2.99. The molecule has 0 amide bonds. The Bertz CT molecular complexity index is 640. The molecule has 4 nitrogen and oxygen atoms in total. The lowest BCUT2D eigenvalue weighted by atomic mass is 10.00. The van der Waals surface area contributed by atoms with E-state index in [4.69, 9.17) is 11.6 Å². The number of aromatic nitrogens is 2. The van der Waals surface area contributed by atoms with E-state index in [2.05, 4.69) is 9.36 Å². The average Bonchev–Trinajstić information content (AvgIpc) is 3.14. The van der Waals surface area contributed by atoms with Crippen LogP contribution in [-0.4, -0.2) is 20.4 Å². The summed E-state index contributed by atoms with van der Waals surface area (Å²) in [5.41, 5.74) is 0.896. The SMILES string of the molecule is O=C(O)C(Cc1cccc(Cl)c1)c1nc(C2CC2)ns1. The molecule has 1 aliphatic carbocycles. The quantitative estimate of drug-likeness (QED) is 0.918. The Labute approximate surface area is 125 Å². The lowest BCUT2D eigenvalue weighted by Gasteiger charge is -2.09. The summed E-state index contributed by atoms with van der Waals surface area (Å²) >= 11 is 7.14. The van der Waals surface area contributed by atoms with Crippen molar-refractivity contribution in [3.05, 3.63) is 45.7 Å². The highest BCUT2D eigenvalue weighted by Crippen LogP contribution is 2.39. The lowest BCUT2D eigenvalue weighted by Crippen LogP contribution is -2.14. The second kappa shape index (κ2) is 5.50. The van der Waals surface area contributed by atoms with Crippen LogP contribution >= 0.6 is 23.1 Å². The first-order valence-corrected chi connectivity index (χ1v) is 7.59. The Kier molecular flexibility index (Phi) is 3.72. The zero-order valence-corrected chi connectivity index (χ0v) is 12.2. The van der Waals surface area contributed by atoms with Gasteiger partial charge in [-0.05, 0) is 48.5 Å². The first-order chi connectivity index (χ1) is 9.63. The summed E-state index contributed by atoms with van der Waals surface area (Å²) in [5, 5.41) is 10.6. The molecule has 1 aliphatic rings.